The van der Waals surface area contributed by atoms with E-state index in [0.29, 0.717) is 33.0 Å². The Bertz CT molecular complexity index is 2120. The van der Waals surface area contributed by atoms with E-state index in [0.717, 1.165) is 22.6 Å². The van der Waals surface area contributed by atoms with Gasteiger partial charge in [-0.05, 0) is 58.9 Å². The van der Waals surface area contributed by atoms with Gasteiger partial charge in [0.1, 0.15) is 11.6 Å². The van der Waals surface area contributed by atoms with E-state index in [9.17, 15) is 32.7 Å². The van der Waals surface area contributed by atoms with Crippen molar-refractivity contribution in [2.24, 2.45) is 11.8 Å². The Kier molecular flexibility index (Phi) is 10.5. The van der Waals surface area contributed by atoms with Crippen molar-refractivity contribution in [2.75, 3.05) is 13.1 Å². The van der Waals surface area contributed by atoms with Gasteiger partial charge < -0.3 is 14.7 Å². The van der Waals surface area contributed by atoms with Crippen molar-refractivity contribution >= 4 is 29.0 Å². The Morgan fingerprint density at radius 1 is 0.868 bits per heavy atom. The van der Waals surface area contributed by atoms with Crippen molar-refractivity contribution in [3.05, 3.63) is 112 Å². The average molecular weight is 746 g/mol. The van der Waals surface area contributed by atoms with Gasteiger partial charge in [-0.1, -0.05) is 69.3 Å². The van der Waals surface area contributed by atoms with Crippen molar-refractivity contribution < 1.29 is 41.8 Å². The Balaban J connectivity index is 1.14. The number of benzene rings is 3. The molecule has 274 valence electrons. The summed E-state index contributed by atoms with van der Waals surface area (Å²) in [5, 5.41) is 9.31. The Labute approximate surface area is 307 Å². The number of carboxylic acids is 1. The van der Waals surface area contributed by atoms with Crippen LogP contribution in [0.25, 0.3) is 33.6 Å². The van der Waals surface area contributed by atoms with Crippen molar-refractivity contribution in [2.45, 2.75) is 45.4 Å². The Morgan fingerprint density at radius 2 is 1.49 bits per heavy atom. The molecule has 0 saturated carbocycles. The molecule has 1 atom stereocenters. The minimum Gasteiger partial charge on any atom is -0.481 e. The van der Waals surface area contributed by atoms with E-state index in [2.05, 4.69) is 35.5 Å². The summed E-state index contributed by atoms with van der Waals surface area (Å²) < 4.78 is 56.5. The predicted molar refractivity (Wildman–Crippen MR) is 192 cm³/mol. The molecule has 0 spiro atoms. The first kappa shape index (κ1) is 37.3. The fourth-order valence-corrected chi connectivity index (χ4v) is 7.02. The van der Waals surface area contributed by atoms with Crippen LogP contribution in [0.5, 0.6) is 5.75 Å². The van der Waals surface area contributed by atoms with Gasteiger partial charge in [-0.25, -0.2) is 14.4 Å². The van der Waals surface area contributed by atoms with E-state index in [1.165, 1.54) is 46.8 Å². The molecule has 53 heavy (non-hydrogen) atoms. The van der Waals surface area contributed by atoms with Gasteiger partial charge in [-0.15, -0.1) is 24.5 Å². The second kappa shape index (κ2) is 14.9. The van der Waals surface area contributed by atoms with E-state index in [4.69, 9.17) is 0 Å². The average Bonchev–Trinajstić information content (AvgIpc) is 3.59. The number of nitrogens with zero attached hydrogens (tertiary/aromatic N) is 3. The van der Waals surface area contributed by atoms with Crippen LogP contribution in [0.4, 0.5) is 17.6 Å². The molecule has 0 bridgehead atoms. The molecule has 1 aliphatic rings. The van der Waals surface area contributed by atoms with Crippen LogP contribution in [-0.2, 0) is 21.4 Å². The van der Waals surface area contributed by atoms with Crippen LogP contribution in [0.2, 0.25) is 0 Å². The number of aliphatic carboxylic acids is 1. The van der Waals surface area contributed by atoms with Gasteiger partial charge in [-0.3, -0.25) is 14.4 Å². The zero-order valence-corrected chi connectivity index (χ0v) is 29.8. The minimum atomic E-state index is -4.81. The third-order valence-electron chi connectivity index (χ3n) is 8.99. The molecule has 1 saturated heterocycles. The quantitative estimate of drug-likeness (QED) is 0.106. The maximum Gasteiger partial charge on any atom is 0.573 e. The molecule has 0 radical (unpaired) electrons. The predicted octanol–water partition coefficient (Wildman–Crippen LogP) is 8.85. The number of hydrogen-bond acceptors (Lipinski definition) is 7. The second-order valence-corrected chi connectivity index (χ2v) is 15.1. The molecular formula is C40H35F4N3O5S. The van der Waals surface area contributed by atoms with E-state index in [1.807, 2.05) is 18.2 Å². The monoisotopic (exact) mass is 745 g/mol. The summed E-state index contributed by atoms with van der Waals surface area (Å²) in [7, 11) is 0. The fourth-order valence-electron chi connectivity index (χ4n) is 6.00. The molecule has 1 aliphatic heterocycles. The number of amides is 1. The van der Waals surface area contributed by atoms with Crippen LogP contribution in [0.15, 0.2) is 91.3 Å². The first-order valence-corrected chi connectivity index (χ1v) is 17.6. The molecule has 3 heterocycles. The lowest BCUT2D eigenvalue weighted by Crippen LogP contribution is -2.55. The third-order valence-corrected chi connectivity index (χ3v) is 10.5. The number of aromatic nitrogens is 2. The maximum atomic E-state index is 15.2. The number of carboxylic acid groups (broad SMARTS) is 1. The van der Waals surface area contributed by atoms with Crippen molar-refractivity contribution in [1.29, 1.82) is 0 Å². The smallest absolute Gasteiger partial charge is 0.481 e. The van der Waals surface area contributed by atoms with E-state index < -0.39 is 30.0 Å². The summed E-state index contributed by atoms with van der Waals surface area (Å²) in [5.74, 6) is -3.18. The van der Waals surface area contributed by atoms with Crippen LogP contribution < -0.4 is 4.74 Å². The minimum absolute atomic E-state index is 0.00969. The molecule has 2 aromatic heterocycles. The van der Waals surface area contributed by atoms with Crippen LogP contribution in [0.3, 0.4) is 0 Å². The zero-order valence-electron chi connectivity index (χ0n) is 29.0. The highest BCUT2D eigenvalue weighted by atomic mass is 32.1. The molecule has 0 unspecified atom stereocenters. The summed E-state index contributed by atoms with van der Waals surface area (Å²) >= 11 is 1.42. The van der Waals surface area contributed by atoms with E-state index in [-0.39, 0.29) is 54.3 Å². The number of rotatable bonds is 11. The third kappa shape index (κ3) is 8.97. The fraction of sp³-hybridized carbons (Fsp3) is 0.275. The molecular weight excluding hydrogens is 711 g/mol. The first-order chi connectivity index (χ1) is 25.0. The van der Waals surface area contributed by atoms with Crippen LogP contribution in [-0.4, -0.2) is 57.1 Å². The molecule has 6 rings (SSSR count). The highest BCUT2D eigenvalue weighted by Crippen LogP contribution is 2.33. The zero-order chi connectivity index (χ0) is 38.1. The lowest BCUT2D eigenvalue weighted by molar-refractivity contribution is -0.274. The summed E-state index contributed by atoms with van der Waals surface area (Å²) in [6.45, 7) is 6.44. The number of thiophene rings is 1. The van der Waals surface area contributed by atoms with Gasteiger partial charge in [0.05, 0.1) is 10.8 Å². The maximum absolute atomic E-state index is 15.2. The van der Waals surface area contributed by atoms with E-state index >= 15 is 4.39 Å². The SMILES string of the molecule is CC(C)(C)c1ccc(C(=O)C[C@@H](Cc2ccc(-c3ncc(-c4ccc(-c5ccc(OC(F)(F)F)cc5)cc4F)cn3)cc2)C(=O)N2CC(C(=O)O)C2)s1. The Morgan fingerprint density at radius 3 is 2.06 bits per heavy atom. The molecule has 5 aromatic rings. The molecule has 1 amide bonds. The van der Waals surface area contributed by atoms with Gasteiger partial charge in [-0.2, -0.15) is 0 Å². The number of Topliss-reactive ketones (excluding diaryl/α,β-unsaturated/α-hetero) is 1. The summed E-state index contributed by atoms with van der Waals surface area (Å²) in [6, 6.07) is 20.6. The number of ether oxygens (including phenoxy) is 1. The Hall–Kier alpha value is -5.43. The van der Waals surface area contributed by atoms with Crippen LogP contribution in [0.1, 0.15) is 47.3 Å². The van der Waals surface area contributed by atoms with Gasteiger partial charge in [0.15, 0.2) is 11.6 Å². The molecule has 1 fully saturated rings. The number of hydrogen-bond donors (Lipinski definition) is 1. The summed E-state index contributed by atoms with van der Waals surface area (Å²) in [5.41, 5.74) is 3.00. The molecule has 13 heteroatoms. The molecule has 0 aliphatic carbocycles. The van der Waals surface area contributed by atoms with Crippen LogP contribution >= 0.6 is 11.3 Å². The number of carbonyl (C=O) groups is 3. The number of carbonyl (C=O) groups excluding carboxylic acids is 2. The standard InChI is InChI=1S/C40H35F4N3O5S/c1-39(2,3)35-15-14-34(53-35)33(48)18-27(37(49)47-21-29(22-47)38(50)51)16-23-4-6-25(7-5-23)36-45-19-28(20-46-36)31-13-10-26(17-32(31)41)24-8-11-30(12-9-24)52-40(42,43)44/h4-15,17,19-20,27,29H,16,18,21-22H2,1-3H3,(H,50,51)/t27-/m1/s1. The van der Waals surface area contributed by atoms with Crippen LogP contribution in [0, 0.1) is 17.7 Å². The van der Waals surface area contributed by atoms with Crippen molar-refractivity contribution in [3.8, 4) is 39.4 Å². The highest BCUT2D eigenvalue weighted by Gasteiger charge is 2.39. The van der Waals surface area contributed by atoms with Gasteiger partial charge >= 0.3 is 12.3 Å². The topological polar surface area (TPSA) is 110 Å². The van der Waals surface area contributed by atoms with Gasteiger partial charge in [0.2, 0.25) is 5.91 Å². The number of alkyl halides is 3. The number of halogens is 4. The molecule has 1 N–H and O–H groups in total. The second-order valence-electron chi connectivity index (χ2n) is 14.0. The molecule has 3 aromatic carbocycles. The molecule has 8 nitrogen and oxygen atoms in total. The first-order valence-electron chi connectivity index (χ1n) is 16.8. The normalized spacial score (nSPS) is 14.1. The van der Waals surface area contributed by atoms with Gasteiger partial charge in [0, 0.05) is 59.4 Å². The van der Waals surface area contributed by atoms with E-state index in [1.54, 1.807) is 30.3 Å². The van der Waals surface area contributed by atoms with Crippen molar-refractivity contribution in [3.63, 3.8) is 0 Å². The van der Waals surface area contributed by atoms with Gasteiger partial charge in [0.25, 0.3) is 0 Å². The van der Waals surface area contributed by atoms with Crippen molar-refractivity contribution in [1.82, 2.24) is 14.9 Å². The lowest BCUT2D eigenvalue weighted by atomic mass is 9.89. The number of ketones is 1. The summed E-state index contributed by atoms with van der Waals surface area (Å²) in [6.07, 6.45) is -1.56. The summed E-state index contributed by atoms with van der Waals surface area (Å²) in [4.78, 5) is 50.3. The highest BCUT2D eigenvalue weighted by molar-refractivity contribution is 7.14. The lowest BCUT2D eigenvalue weighted by Gasteiger charge is -2.38. The number of likely N-dealkylation sites (tertiary alicyclic amines) is 1. The largest absolute Gasteiger partial charge is 0.573 e.